The van der Waals surface area contributed by atoms with Crippen LogP contribution >= 0.6 is 0 Å². The number of hydrogen-bond donors (Lipinski definition) is 1. The summed E-state index contributed by atoms with van der Waals surface area (Å²) in [6.07, 6.45) is 7.93. The van der Waals surface area contributed by atoms with E-state index in [9.17, 15) is 9.59 Å². The lowest BCUT2D eigenvalue weighted by molar-refractivity contribution is -0.132. The lowest BCUT2D eigenvalue weighted by Crippen LogP contribution is -2.37. The van der Waals surface area contributed by atoms with Crippen molar-refractivity contribution in [3.05, 3.63) is 41.0 Å². The topological polar surface area (TPSA) is 49.4 Å². The van der Waals surface area contributed by atoms with Crippen molar-refractivity contribution in [3.63, 3.8) is 0 Å². The number of allylic oxidation sites excluding steroid dienone is 1. The number of aryl methyl sites for hydroxylation is 2. The zero-order valence-electron chi connectivity index (χ0n) is 15.0. The minimum Gasteiger partial charge on any atom is -0.333 e. The molecule has 0 saturated carbocycles. The van der Waals surface area contributed by atoms with E-state index in [-0.39, 0.29) is 18.4 Å². The van der Waals surface area contributed by atoms with Gasteiger partial charge in [-0.25, -0.2) is 0 Å². The highest BCUT2D eigenvalue weighted by Crippen LogP contribution is 2.20. The number of benzene rings is 1. The summed E-state index contributed by atoms with van der Waals surface area (Å²) in [5, 5.41) is 2.93. The van der Waals surface area contributed by atoms with Crippen LogP contribution in [-0.4, -0.2) is 29.8 Å². The van der Waals surface area contributed by atoms with Crippen LogP contribution < -0.4 is 5.32 Å². The Morgan fingerprint density at radius 2 is 2.00 bits per heavy atom. The molecule has 1 aliphatic carbocycles. The molecule has 1 aliphatic rings. The van der Waals surface area contributed by atoms with Crippen LogP contribution in [-0.2, 0) is 9.59 Å². The van der Waals surface area contributed by atoms with Crippen LogP contribution in [0.3, 0.4) is 0 Å². The van der Waals surface area contributed by atoms with Crippen molar-refractivity contribution < 1.29 is 9.59 Å². The van der Waals surface area contributed by atoms with Gasteiger partial charge in [-0.2, -0.15) is 0 Å². The predicted octanol–water partition coefficient (Wildman–Crippen LogP) is 3.98. The van der Waals surface area contributed by atoms with Gasteiger partial charge < -0.3 is 10.2 Å². The van der Waals surface area contributed by atoms with Crippen molar-refractivity contribution in [2.24, 2.45) is 0 Å². The van der Waals surface area contributed by atoms with Crippen molar-refractivity contribution in [1.82, 2.24) is 4.90 Å². The second-order valence-electron chi connectivity index (χ2n) is 6.67. The maximum atomic E-state index is 12.3. The van der Waals surface area contributed by atoms with Crippen LogP contribution in [0.2, 0.25) is 0 Å². The molecule has 1 aromatic rings. The summed E-state index contributed by atoms with van der Waals surface area (Å²) >= 11 is 0. The number of anilines is 1. The normalized spacial score (nSPS) is 14.0. The van der Waals surface area contributed by atoms with E-state index in [2.05, 4.69) is 11.4 Å². The maximum absolute atomic E-state index is 12.3. The molecule has 0 bridgehead atoms. The molecule has 0 saturated heterocycles. The minimum atomic E-state index is -0.142. The summed E-state index contributed by atoms with van der Waals surface area (Å²) in [5.41, 5.74) is 4.36. The second kappa shape index (κ2) is 8.67. The molecule has 1 aromatic carbocycles. The zero-order chi connectivity index (χ0) is 17.5. The predicted molar refractivity (Wildman–Crippen MR) is 98.0 cm³/mol. The molecule has 0 aromatic heterocycles. The number of amides is 2. The Hall–Kier alpha value is -2.10. The third kappa shape index (κ3) is 5.52. The molecule has 0 aliphatic heterocycles. The van der Waals surface area contributed by atoms with E-state index in [1.165, 1.54) is 25.3 Å². The molecular formula is C20H28N2O2. The molecule has 1 N–H and O–H groups in total. The summed E-state index contributed by atoms with van der Waals surface area (Å²) in [5.74, 6) is -0.195. The van der Waals surface area contributed by atoms with Crippen molar-refractivity contribution in [1.29, 1.82) is 0 Å². The van der Waals surface area contributed by atoms with E-state index in [0.717, 1.165) is 36.1 Å². The van der Waals surface area contributed by atoms with Gasteiger partial charge in [0.05, 0.1) is 6.54 Å². The number of nitrogens with one attached hydrogen (secondary N) is 1. The van der Waals surface area contributed by atoms with E-state index in [0.29, 0.717) is 6.54 Å². The first kappa shape index (κ1) is 18.2. The van der Waals surface area contributed by atoms with Crippen LogP contribution in [0.5, 0.6) is 0 Å². The molecule has 0 radical (unpaired) electrons. The molecule has 130 valence electrons. The Morgan fingerprint density at radius 3 is 2.67 bits per heavy atom. The number of hydrogen-bond acceptors (Lipinski definition) is 2. The number of nitrogens with zero attached hydrogens (tertiary/aromatic N) is 1. The van der Waals surface area contributed by atoms with Gasteiger partial charge in [-0.1, -0.05) is 23.8 Å². The molecule has 4 nitrogen and oxygen atoms in total. The van der Waals surface area contributed by atoms with E-state index in [1.807, 2.05) is 32.0 Å². The van der Waals surface area contributed by atoms with Gasteiger partial charge in [0.1, 0.15) is 0 Å². The van der Waals surface area contributed by atoms with Gasteiger partial charge >= 0.3 is 0 Å². The van der Waals surface area contributed by atoms with E-state index in [1.54, 1.807) is 4.90 Å². The number of rotatable bonds is 6. The molecular weight excluding hydrogens is 300 g/mol. The highest BCUT2D eigenvalue weighted by Gasteiger charge is 2.15. The molecule has 0 atom stereocenters. The highest BCUT2D eigenvalue weighted by atomic mass is 16.2. The smallest absolute Gasteiger partial charge is 0.244 e. The van der Waals surface area contributed by atoms with Gasteiger partial charge in [0.25, 0.3) is 0 Å². The maximum Gasteiger partial charge on any atom is 0.244 e. The lowest BCUT2D eigenvalue weighted by atomic mass is 9.97. The van der Waals surface area contributed by atoms with Crippen LogP contribution in [0.4, 0.5) is 5.69 Å². The quantitative estimate of drug-likeness (QED) is 0.803. The third-order valence-corrected chi connectivity index (χ3v) is 4.53. The average molecular weight is 328 g/mol. The van der Waals surface area contributed by atoms with Gasteiger partial charge in [0.2, 0.25) is 11.8 Å². The van der Waals surface area contributed by atoms with Crippen molar-refractivity contribution in [2.75, 3.05) is 18.4 Å². The van der Waals surface area contributed by atoms with Crippen molar-refractivity contribution >= 4 is 17.5 Å². The van der Waals surface area contributed by atoms with Crippen molar-refractivity contribution in [3.8, 4) is 0 Å². The summed E-state index contributed by atoms with van der Waals surface area (Å²) in [6, 6.07) is 5.96. The summed E-state index contributed by atoms with van der Waals surface area (Å²) < 4.78 is 0. The Bertz CT molecular complexity index is 635. The van der Waals surface area contributed by atoms with Gasteiger partial charge in [-0.05, 0) is 63.1 Å². The van der Waals surface area contributed by atoms with Crippen LogP contribution in [0, 0.1) is 13.8 Å². The molecule has 0 unspecified atom stereocenters. The molecule has 24 heavy (non-hydrogen) atoms. The first-order valence-corrected chi connectivity index (χ1v) is 8.76. The first-order chi connectivity index (χ1) is 11.5. The monoisotopic (exact) mass is 328 g/mol. The third-order valence-electron chi connectivity index (χ3n) is 4.53. The number of carbonyl (C=O) groups is 2. The fourth-order valence-electron chi connectivity index (χ4n) is 2.99. The Labute approximate surface area is 144 Å². The molecule has 0 fully saturated rings. The Morgan fingerprint density at radius 1 is 1.21 bits per heavy atom. The van der Waals surface area contributed by atoms with E-state index >= 15 is 0 Å². The SMILES string of the molecule is CC(=O)N(CCC1=CCCCC1)CC(=O)Nc1cc(C)ccc1C. The molecule has 0 heterocycles. The molecule has 2 rings (SSSR count). The summed E-state index contributed by atoms with van der Waals surface area (Å²) in [7, 11) is 0. The second-order valence-corrected chi connectivity index (χ2v) is 6.67. The van der Waals surface area contributed by atoms with Crippen LogP contribution in [0.1, 0.15) is 50.2 Å². The van der Waals surface area contributed by atoms with Crippen LogP contribution in [0.25, 0.3) is 0 Å². The van der Waals surface area contributed by atoms with E-state index < -0.39 is 0 Å². The van der Waals surface area contributed by atoms with Crippen molar-refractivity contribution in [2.45, 2.75) is 52.9 Å². The largest absolute Gasteiger partial charge is 0.333 e. The Kier molecular flexibility index (Phi) is 6.59. The zero-order valence-corrected chi connectivity index (χ0v) is 15.0. The fraction of sp³-hybridized carbons (Fsp3) is 0.500. The summed E-state index contributed by atoms with van der Waals surface area (Å²) in [4.78, 5) is 25.8. The number of carbonyl (C=O) groups excluding carboxylic acids is 2. The fourth-order valence-corrected chi connectivity index (χ4v) is 2.99. The van der Waals surface area contributed by atoms with Gasteiger partial charge in [0.15, 0.2) is 0 Å². The van der Waals surface area contributed by atoms with Gasteiger partial charge in [0, 0.05) is 19.2 Å². The molecule has 4 heteroatoms. The van der Waals surface area contributed by atoms with Gasteiger partial charge in [-0.3, -0.25) is 9.59 Å². The highest BCUT2D eigenvalue weighted by molar-refractivity contribution is 5.94. The summed E-state index contributed by atoms with van der Waals surface area (Å²) in [6.45, 7) is 6.21. The standard InChI is InChI=1S/C20H28N2O2/c1-15-9-10-16(2)19(13-15)21-20(24)14-22(17(3)23)12-11-18-7-5-4-6-8-18/h7,9-10,13H,4-6,8,11-12,14H2,1-3H3,(H,21,24). The molecule has 0 spiro atoms. The minimum absolute atomic E-state index is 0.0532. The molecule has 2 amide bonds. The van der Waals surface area contributed by atoms with Gasteiger partial charge in [-0.15, -0.1) is 0 Å². The first-order valence-electron chi connectivity index (χ1n) is 8.76. The average Bonchev–Trinajstić information content (AvgIpc) is 2.55. The Balaban J connectivity index is 1.91. The van der Waals surface area contributed by atoms with Crippen LogP contribution in [0.15, 0.2) is 29.8 Å². The van der Waals surface area contributed by atoms with E-state index in [4.69, 9.17) is 0 Å². The lowest BCUT2D eigenvalue weighted by Gasteiger charge is -2.22.